The molecule has 1 saturated carbocycles. The average molecular weight is 391 g/mol. The summed E-state index contributed by atoms with van der Waals surface area (Å²) in [6.45, 7) is 8.42. The smallest absolute Gasteiger partial charge is 0.181 e. The molecule has 5 nitrogen and oxygen atoms in total. The lowest BCUT2D eigenvalue weighted by Crippen LogP contribution is -2.24. The molecule has 0 bridgehead atoms. The van der Waals surface area contributed by atoms with Gasteiger partial charge in [-0.05, 0) is 49.8 Å². The highest BCUT2D eigenvalue weighted by Crippen LogP contribution is 2.64. The summed E-state index contributed by atoms with van der Waals surface area (Å²) in [7, 11) is 1.90. The van der Waals surface area contributed by atoms with E-state index in [1.54, 1.807) is 4.68 Å². The number of fused-ring (bicyclic) bond motifs is 1. The molecule has 3 atom stereocenters. The van der Waals surface area contributed by atoms with E-state index in [1.165, 1.54) is 5.56 Å². The first-order valence-electron chi connectivity index (χ1n) is 10.7. The van der Waals surface area contributed by atoms with Gasteiger partial charge >= 0.3 is 0 Å². The maximum atomic E-state index is 13.1. The lowest BCUT2D eigenvalue weighted by molar-refractivity contribution is -0.128. The van der Waals surface area contributed by atoms with Crippen molar-refractivity contribution in [3.05, 3.63) is 41.9 Å². The summed E-state index contributed by atoms with van der Waals surface area (Å²) < 4.78 is 1.78. The molecule has 0 radical (unpaired) electrons. The fraction of sp³-hybridized carbons (Fsp3) is 0.500. The average Bonchev–Trinajstić information content (AvgIpc) is 3.30. The molecule has 0 amide bonds. The maximum Gasteiger partial charge on any atom is 0.181 e. The number of hydrogen-bond donors (Lipinski definition) is 0. The van der Waals surface area contributed by atoms with Crippen molar-refractivity contribution in [3.8, 4) is 11.3 Å². The van der Waals surface area contributed by atoms with Crippen molar-refractivity contribution >= 4 is 16.8 Å². The molecule has 0 aromatic carbocycles. The van der Waals surface area contributed by atoms with Gasteiger partial charge in [0.2, 0.25) is 0 Å². The van der Waals surface area contributed by atoms with E-state index in [0.29, 0.717) is 11.7 Å². The number of hydrogen-bond acceptors (Lipinski definition) is 4. The number of rotatable bonds is 7. The Bertz CT molecular complexity index is 1070. The van der Waals surface area contributed by atoms with Gasteiger partial charge in [0.25, 0.3) is 0 Å². The van der Waals surface area contributed by atoms with E-state index in [4.69, 9.17) is 4.98 Å². The predicted octanol–water partition coefficient (Wildman–Crippen LogP) is 5.23. The Morgan fingerprint density at radius 1 is 1.34 bits per heavy atom. The Labute approximate surface area is 172 Å². The topological polar surface area (TPSA) is 60.7 Å². The summed E-state index contributed by atoms with van der Waals surface area (Å²) in [6, 6.07) is 6.34. The van der Waals surface area contributed by atoms with Gasteiger partial charge in [-0.2, -0.15) is 5.10 Å². The minimum atomic E-state index is -0.172. The highest BCUT2D eigenvalue weighted by Gasteiger charge is 2.59. The van der Waals surface area contributed by atoms with Crippen LogP contribution < -0.4 is 0 Å². The molecule has 1 aliphatic carbocycles. The predicted molar refractivity (Wildman–Crippen MR) is 116 cm³/mol. The third-order valence-corrected chi connectivity index (χ3v) is 6.59. The zero-order chi connectivity index (χ0) is 20.8. The monoisotopic (exact) mass is 390 g/mol. The SMILES string of the molecule is CCCC1(C(=O)C(C)CC)CC1c1ccc(-c2cnc3nn(C)cc3c2)nc1C. The summed E-state index contributed by atoms with van der Waals surface area (Å²) in [5.41, 5.74) is 4.73. The highest BCUT2D eigenvalue weighted by atomic mass is 16.1. The van der Waals surface area contributed by atoms with Crippen LogP contribution in [0, 0.1) is 18.3 Å². The van der Waals surface area contributed by atoms with Crippen molar-refractivity contribution in [1.82, 2.24) is 19.7 Å². The number of pyridine rings is 2. The molecule has 3 heterocycles. The Kier molecular flexibility index (Phi) is 5.01. The number of carbonyl (C=O) groups excluding carboxylic acids is 1. The zero-order valence-electron chi connectivity index (χ0n) is 18.1. The molecular weight excluding hydrogens is 360 g/mol. The first kappa shape index (κ1) is 19.7. The van der Waals surface area contributed by atoms with Crippen molar-refractivity contribution in [1.29, 1.82) is 0 Å². The normalized spacial score (nSPS) is 22.0. The number of Topliss-reactive ketones (excluding diaryl/α,β-unsaturated/α-hetero) is 1. The molecule has 4 rings (SSSR count). The maximum absolute atomic E-state index is 13.1. The Morgan fingerprint density at radius 3 is 2.83 bits per heavy atom. The Balaban J connectivity index is 1.64. The van der Waals surface area contributed by atoms with Gasteiger partial charge in [-0.1, -0.05) is 33.3 Å². The molecule has 0 N–H and O–H groups in total. The van der Waals surface area contributed by atoms with Gasteiger partial charge in [0, 0.05) is 47.4 Å². The van der Waals surface area contributed by atoms with Gasteiger partial charge in [0.1, 0.15) is 5.78 Å². The van der Waals surface area contributed by atoms with E-state index in [9.17, 15) is 4.79 Å². The van der Waals surface area contributed by atoms with Crippen LogP contribution in [0.5, 0.6) is 0 Å². The largest absolute Gasteiger partial charge is 0.299 e. The van der Waals surface area contributed by atoms with Crippen LogP contribution in [0.3, 0.4) is 0 Å². The Hall–Kier alpha value is -2.56. The number of nitrogens with zero attached hydrogens (tertiary/aromatic N) is 4. The molecule has 29 heavy (non-hydrogen) atoms. The fourth-order valence-electron chi connectivity index (χ4n) is 4.78. The molecule has 0 saturated heterocycles. The third-order valence-electron chi connectivity index (χ3n) is 6.59. The van der Waals surface area contributed by atoms with E-state index < -0.39 is 0 Å². The molecular formula is C24H30N4O. The third kappa shape index (κ3) is 3.37. The van der Waals surface area contributed by atoms with Crippen molar-refractivity contribution in [2.24, 2.45) is 18.4 Å². The van der Waals surface area contributed by atoms with E-state index in [2.05, 4.69) is 56.0 Å². The lowest BCUT2D eigenvalue weighted by Gasteiger charge is -2.20. The number of aryl methyl sites for hydroxylation is 2. The minimum absolute atomic E-state index is 0.136. The summed E-state index contributed by atoms with van der Waals surface area (Å²) in [5.74, 6) is 0.891. The molecule has 3 aromatic rings. The molecule has 1 fully saturated rings. The van der Waals surface area contributed by atoms with Crippen LogP contribution in [-0.2, 0) is 11.8 Å². The molecule has 0 aliphatic heterocycles. The van der Waals surface area contributed by atoms with Crippen LogP contribution in [0.4, 0.5) is 0 Å². The number of carbonyl (C=O) groups is 1. The van der Waals surface area contributed by atoms with Crippen LogP contribution in [0.2, 0.25) is 0 Å². The van der Waals surface area contributed by atoms with Gasteiger partial charge < -0.3 is 0 Å². The van der Waals surface area contributed by atoms with Crippen molar-refractivity contribution < 1.29 is 4.79 Å². The first-order valence-corrected chi connectivity index (χ1v) is 10.7. The van der Waals surface area contributed by atoms with E-state index in [1.807, 2.05) is 19.4 Å². The first-order chi connectivity index (χ1) is 13.9. The van der Waals surface area contributed by atoms with Crippen LogP contribution in [0.1, 0.15) is 63.6 Å². The number of ketones is 1. The van der Waals surface area contributed by atoms with Crippen LogP contribution in [0.25, 0.3) is 22.3 Å². The second-order valence-corrected chi connectivity index (χ2v) is 8.65. The van der Waals surface area contributed by atoms with E-state index in [0.717, 1.165) is 53.7 Å². The van der Waals surface area contributed by atoms with Crippen LogP contribution in [-0.4, -0.2) is 25.5 Å². The lowest BCUT2D eigenvalue weighted by atomic mass is 9.83. The van der Waals surface area contributed by atoms with Crippen molar-refractivity contribution in [2.45, 2.75) is 59.3 Å². The molecule has 1 aliphatic rings. The van der Waals surface area contributed by atoms with Gasteiger partial charge in [-0.15, -0.1) is 0 Å². The van der Waals surface area contributed by atoms with Gasteiger partial charge in [-0.3, -0.25) is 14.5 Å². The fourth-order valence-corrected chi connectivity index (χ4v) is 4.78. The van der Waals surface area contributed by atoms with Crippen LogP contribution in [0.15, 0.2) is 30.6 Å². The van der Waals surface area contributed by atoms with E-state index in [-0.39, 0.29) is 11.3 Å². The second-order valence-electron chi connectivity index (χ2n) is 8.65. The zero-order valence-corrected chi connectivity index (χ0v) is 18.1. The van der Waals surface area contributed by atoms with Gasteiger partial charge in [0.05, 0.1) is 5.69 Å². The summed E-state index contributed by atoms with van der Waals surface area (Å²) in [5, 5.41) is 5.35. The molecule has 0 spiro atoms. The molecule has 5 heteroatoms. The van der Waals surface area contributed by atoms with Crippen LogP contribution >= 0.6 is 0 Å². The van der Waals surface area contributed by atoms with Crippen molar-refractivity contribution in [3.63, 3.8) is 0 Å². The quantitative estimate of drug-likeness (QED) is 0.554. The van der Waals surface area contributed by atoms with Crippen molar-refractivity contribution in [2.75, 3.05) is 0 Å². The molecule has 3 aromatic heterocycles. The second kappa shape index (κ2) is 7.36. The molecule has 152 valence electrons. The summed E-state index contributed by atoms with van der Waals surface area (Å²) in [4.78, 5) is 22.5. The Morgan fingerprint density at radius 2 is 2.14 bits per heavy atom. The van der Waals surface area contributed by atoms with Gasteiger partial charge in [0.15, 0.2) is 5.65 Å². The number of aromatic nitrogens is 4. The summed E-state index contributed by atoms with van der Waals surface area (Å²) in [6.07, 6.45) is 7.70. The minimum Gasteiger partial charge on any atom is -0.299 e. The van der Waals surface area contributed by atoms with E-state index >= 15 is 0 Å². The summed E-state index contributed by atoms with van der Waals surface area (Å²) >= 11 is 0. The molecule has 3 unspecified atom stereocenters. The highest BCUT2D eigenvalue weighted by molar-refractivity contribution is 5.91. The standard InChI is InChI=1S/C24H30N4O/c1-6-10-24(22(29)15(3)7-2)12-20(24)19-8-9-21(26-16(19)4)17-11-18-14-28(5)27-23(18)25-13-17/h8-9,11,13-15,20H,6-7,10,12H2,1-5H3. The van der Waals surface area contributed by atoms with Gasteiger partial charge in [-0.25, -0.2) is 4.98 Å².